The second-order valence-electron chi connectivity index (χ2n) is 5.20. The number of rotatable bonds is 5. The van der Waals surface area contributed by atoms with Crippen molar-refractivity contribution >= 4 is 0 Å². The van der Waals surface area contributed by atoms with E-state index in [0.29, 0.717) is 12.5 Å². The van der Waals surface area contributed by atoms with Gasteiger partial charge in [0.25, 0.3) is 0 Å². The van der Waals surface area contributed by atoms with Gasteiger partial charge in [-0.1, -0.05) is 6.07 Å². The summed E-state index contributed by atoms with van der Waals surface area (Å²) in [6.07, 6.45) is 1.69. The SMILES string of the molecule is COc1cccc(OCC(O)C2CCN(C)CC2)c1. The van der Waals surface area contributed by atoms with Crippen molar-refractivity contribution in [1.29, 1.82) is 0 Å². The van der Waals surface area contributed by atoms with Crippen molar-refractivity contribution in [2.75, 3.05) is 33.9 Å². The number of likely N-dealkylation sites (tertiary alicyclic amines) is 1. The van der Waals surface area contributed by atoms with Gasteiger partial charge in [0.1, 0.15) is 18.1 Å². The Bertz CT molecular complexity index is 389. The van der Waals surface area contributed by atoms with Gasteiger partial charge in [0, 0.05) is 6.07 Å². The zero-order chi connectivity index (χ0) is 13.7. The van der Waals surface area contributed by atoms with Crippen molar-refractivity contribution in [3.05, 3.63) is 24.3 Å². The Morgan fingerprint density at radius 2 is 2.00 bits per heavy atom. The number of ether oxygens (including phenoxy) is 2. The molecule has 4 nitrogen and oxygen atoms in total. The molecule has 1 aromatic rings. The lowest BCUT2D eigenvalue weighted by Crippen LogP contribution is -2.37. The summed E-state index contributed by atoms with van der Waals surface area (Å²) in [6.45, 7) is 2.46. The molecule has 0 aliphatic carbocycles. The topological polar surface area (TPSA) is 41.9 Å². The predicted octanol–water partition coefficient (Wildman–Crippen LogP) is 1.78. The van der Waals surface area contributed by atoms with Gasteiger partial charge in [-0.2, -0.15) is 0 Å². The molecule has 1 atom stereocenters. The number of aliphatic hydroxyl groups is 1. The lowest BCUT2D eigenvalue weighted by Gasteiger charge is -2.31. The Morgan fingerprint density at radius 3 is 2.68 bits per heavy atom. The van der Waals surface area contributed by atoms with Crippen LogP contribution in [0.25, 0.3) is 0 Å². The maximum absolute atomic E-state index is 10.2. The molecule has 1 unspecified atom stereocenters. The molecule has 0 bridgehead atoms. The number of methoxy groups -OCH3 is 1. The highest BCUT2D eigenvalue weighted by molar-refractivity contribution is 5.32. The number of hydrogen-bond acceptors (Lipinski definition) is 4. The van der Waals surface area contributed by atoms with Crippen molar-refractivity contribution < 1.29 is 14.6 Å². The first-order valence-electron chi connectivity index (χ1n) is 6.82. The molecule has 0 amide bonds. The number of benzene rings is 1. The van der Waals surface area contributed by atoms with Crippen LogP contribution in [0.4, 0.5) is 0 Å². The molecule has 1 N–H and O–H groups in total. The summed E-state index contributed by atoms with van der Waals surface area (Å²) in [5, 5.41) is 10.2. The fourth-order valence-corrected chi connectivity index (χ4v) is 2.42. The lowest BCUT2D eigenvalue weighted by atomic mass is 9.92. The Hall–Kier alpha value is -1.26. The van der Waals surface area contributed by atoms with Crippen molar-refractivity contribution in [3.63, 3.8) is 0 Å². The van der Waals surface area contributed by atoms with E-state index in [1.54, 1.807) is 7.11 Å². The number of nitrogens with zero attached hydrogens (tertiary/aromatic N) is 1. The first-order chi connectivity index (χ1) is 9.19. The minimum atomic E-state index is -0.389. The Balaban J connectivity index is 1.80. The second kappa shape index (κ2) is 6.78. The van der Waals surface area contributed by atoms with Crippen LogP contribution in [-0.2, 0) is 0 Å². The molecular weight excluding hydrogens is 242 g/mol. The number of hydrogen-bond donors (Lipinski definition) is 1. The minimum Gasteiger partial charge on any atom is -0.497 e. The van der Waals surface area contributed by atoms with Crippen molar-refractivity contribution in [1.82, 2.24) is 4.90 Å². The molecule has 1 heterocycles. The van der Waals surface area contributed by atoms with Gasteiger partial charge in [0.05, 0.1) is 13.2 Å². The molecule has 1 fully saturated rings. The Kier molecular flexibility index (Phi) is 5.05. The molecule has 0 radical (unpaired) electrons. The summed E-state index contributed by atoms with van der Waals surface area (Å²) in [6, 6.07) is 7.47. The zero-order valence-electron chi connectivity index (χ0n) is 11.7. The van der Waals surface area contributed by atoms with Gasteiger partial charge in [-0.15, -0.1) is 0 Å². The van der Waals surface area contributed by atoms with Crippen LogP contribution in [0.15, 0.2) is 24.3 Å². The van der Waals surface area contributed by atoms with Crippen molar-refractivity contribution in [2.24, 2.45) is 5.92 Å². The predicted molar refractivity (Wildman–Crippen MR) is 74.7 cm³/mol. The van der Waals surface area contributed by atoms with E-state index < -0.39 is 0 Å². The van der Waals surface area contributed by atoms with Crippen molar-refractivity contribution in [3.8, 4) is 11.5 Å². The molecule has 2 rings (SSSR count). The average molecular weight is 265 g/mol. The highest BCUT2D eigenvalue weighted by atomic mass is 16.5. The van der Waals surface area contributed by atoms with Crippen LogP contribution in [0.5, 0.6) is 11.5 Å². The van der Waals surface area contributed by atoms with E-state index in [4.69, 9.17) is 9.47 Å². The van der Waals surface area contributed by atoms with Crippen LogP contribution < -0.4 is 9.47 Å². The first-order valence-corrected chi connectivity index (χ1v) is 6.82. The van der Waals surface area contributed by atoms with E-state index in [-0.39, 0.29) is 6.10 Å². The van der Waals surface area contributed by atoms with Gasteiger partial charge < -0.3 is 19.5 Å². The largest absolute Gasteiger partial charge is 0.497 e. The maximum Gasteiger partial charge on any atom is 0.123 e. The van der Waals surface area contributed by atoms with E-state index in [2.05, 4.69) is 11.9 Å². The molecule has 1 aliphatic rings. The number of piperidine rings is 1. The third kappa shape index (κ3) is 4.11. The van der Waals surface area contributed by atoms with Gasteiger partial charge >= 0.3 is 0 Å². The van der Waals surface area contributed by atoms with E-state index in [9.17, 15) is 5.11 Å². The minimum absolute atomic E-state index is 0.349. The normalized spacial score (nSPS) is 19.1. The highest BCUT2D eigenvalue weighted by Crippen LogP contribution is 2.22. The molecule has 0 spiro atoms. The molecular formula is C15H23NO3. The van der Waals surface area contributed by atoms with Crippen LogP contribution in [0.3, 0.4) is 0 Å². The third-order valence-corrected chi connectivity index (χ3v) is 3.77. The van der Waals surface area contributed by atoms with Gasteiger partial charge in [-0.25, -0.2) is 0 Å². The fourth-order valence-electron chi connectivity index (χ4n) is 2.42. The quantitative estimate of drug-likeness (QED) is 0.881. The number of aliphatic hydroxyl groups excluding tert-OH is 1. The van der Waals surface area contributed by atoms with E-state index in [1.807, 2.05) is 24.3 Å². The van der Waals surface area contributed by atoms with Crippen LogP contribution in [0, 0.1) is 5.92 Å². The standard InChI is InChI=1S/C15H23NO3/c1-16-8-6-12(7-9-16)15(17)11-19-14-5-3-4-13(10-14)18-2/h3-5,10,12,15,17H,6-9,11H2,1-2H3. The first kappa shape index (κ1) is 14.2. The van der Waals surface area contributed by atoms with Gasteiger partial charge in [0.2, 0.25) is 0 Å². The zero-order valence-corrected chi connectivity index (χ0v) is 11.7. The molecule has 4 heteroatoms. The monoisotopic (exact) mass is 265 g/mol. The van der Waals surface area contributed by atoms with Gasteiger partial charge in [0.15, 0.2) is 0 Å². The molecule has 1 aliphatic heterocycles. The van der Waals surface area contributed by atoms with E-state index in [1.165, 1.54) is 0 Å². The highest BCUT2D eigenvalue weighted by Gasteiger charge is 2.24. The van der Waals surface area contributed by atoms with Crippen LogP contribution in [0.2, 0.25) is 0 Å². The summed E-state index contributed by atoms with van der Waals surface area (Å²) >= 11 is 0. The molecule has 1 aromatic carbocycles. The fraction of sp³-hybridized carbons (Fsp3) is 0.600. The van der Waals surface area contributed by atoms with Crippen molar-refractivity contribution in [2.45, 2.75) is 18.9 Å². The lowest BCUT2D eigenvalue weighted by molar-refractivity contribution is 0.0298. The maximum atomic E-state index is 10.2. The molecule has 1 saturated heterocycles. The summed E-state index contributed by atoms with van der Waals surface area (Å²) in [4.78, 5) is 2.30. The van der Waals surface area contributed by atoms with E-state index in [0.717, 1.165) is 37.4 Å². The van der Waals surface area contributed by atoms with E-state index >= 15 is 0 Å². The summed E-state index contributed by atoms with van der Waals surface area (Å²) in [7, 11) is 3.75. The smallest absolute Gasteiger partial charge is 0.123 e. The molecule has 0 aromatic heterocycles. The van der Waals surface area contributed by atoms with Gasteiger partial charge in [-0.05, 0) is 51.0 Å². The van der Waals surface area contributed by atoms with Crippen LogP contribution >= 0.6 is 0 Å². The van der Waals surface area contributed by atoms with Gasteiger partial charge in [-0.3, -0.25) is 0 Å². The summed E-state index contributed by atoms with van der Waals surface area (Å²) < 4.78 is 10.8. The summed E-state index contributed by atoms with van der Waals surface area (Å²) in [5.74, 6) is 1.86. The second-order valence-corrected chi connectivity index (χ2v) is 5.20. The Morgan fingerprint density at radius 1 is 1.32 bits per heavy atom. The third-order valence-electron chi connectivity index (χ3n) is 3.77. The molecule has 0 saturated carbocycles. The van der Waals surface area contributed by atoms with Crippen LogP contribution in [-0.4, -0.2) is 50.0 Å². The Labute approximate surface area is 114 Å². The summed E-state index contributed by atoms with van der Waals surface area (Å²) in [5.41, 5.74) is 0. The van der Waals surface area contributed by atoms with Crippen LogP contribution in [0.1, 0.15) is 12.8 Å². The molecule has 106 valence electrons. The molecule has 19 heavy (non-hydrogen) atoms. The average Bonchev–Trinajstić information content (AvgIpc) is 2.46.